The first-order valence-electron chi connectivity index (χ1n) is 6.58. The maximum Gasteiger partial charge on any atom is 0.250 e. The second-order valence-electron chi connectivity index (χ2n) is 5.02. The molecule has 2 N–H and O–H groups in total. The van der Waals surface area contributed by atoms with E-state index in [2.05, 4.69) is 28.9 Å². The largest absolute Gasteiger partial charge is 0.310 e. The third-order valence-electron chi connectivity index (χ3n) is 2.69. The van der Waals surface area contributed by atoms with Gasteiger partial charge < -0.3 is 5.32 Å². The highest BCUT2D eigenvalue weighted by Gasteiger charge is 2.17. The van der Waals surface area contributed by atoms with Gasteiger partial charge in [-0.3, -0.25) is 0 Å². The number of nitrogens with one attached hydrogen (secondary N) is 2. The molecule has 0 aliphatic heterocycles. The topological polar surface area (TPSA) is 71.1 Å². The quantitative estimate of drug-likeness (QED) is 0.809. The van der Waals surface area contributed by atoms with Crippen LogP contribution < -0.4 is 10.0 Å². The highest BCUT2D eigenvalue weighted by Crippen LogP contribution is 2.20. The second-order valence-corrected chi connectivity index (χ2v) is 8.86. The van der Waals surface area contributed by atoms with Crippen LogP contribution in [0.4, 0.5) is 0 Å². The van der Waals surface area contributed by atoms with Gasteiger partial charge in [-0.2, -0.15) is 0 Å². The normalized spacial score (nSPS) is 12.2. The molecule has 2 rings (SSSR count). The zero-order valence-corrected chi connectivity index (χ0v) is 14.7. The summed E-state index contributed by atoms with van der Waals surface area (Å²) in [5, 5.41) is 7.82. The Morgan fingerprint density at radius 1 is 1.24 bits per heavy atom. The lowest BCUT2D eigenvalue weighted by Crippen LogP contribution is -2.23. The Morgan fingerprint density at radius 3 is 2.62 bits per heavy atom. The van der Waals surface area contributed by atoms with E-state index in [1.165, 1.54) is 22.7 Å². The van der Waals surface area contributed by atoms with Crippen LogP contribution in [0.5, 0.6) is 0 Å². The van der Waals surface area contributed by atoms with Crippen molar-refractivity contribution in [3.05, 3.63) is 33.1 Å². The number of thiazole rings is 1. The summed E-state index contributed by atoms with van der Waals surface area (Å²) in [4.78, 5) is 4.25. The maximum absolute atomic E-state index is 12.2. The summed E-state index contributed by atoms with van der Waals surface area (Å²) in [6, 6.07) is 2.09. The first kappa shape index (κ1) is 16.6. The third-order valence-corrected chi connectivity index (χ3v) is 6.55. The predicted octanol–water partition coefficient (Wildman–Crippen LogP) is 2.49. The van der Waals surface area contributed by atoms with E-state index in [-0.39, 0.29) is 6.54 Å². The van der Waals surface area contributed by atoms with Crippen molar-refractivity contribution < 1.29 is 8.42 Å². The van der Waals surface area contributed by atoms with Crippen molar-refractivity contribution in [2.24, 2.45) is 0 Å². The zero-order valence-electron chi connectivity index (χ0n) is 12.2. The smallest absolute Gasteiger partial charge is 0.250 e. The molecule has 0 atom stereocenters. The van der Waals surface area contributed by atoms with E-state index in [1.807, 2.05) is 17.7 Å². The van der Waals surface area contributed by atoms with E-state index in [4.69, 9.17) is 0 Å². The fourth-order valence-electron chi connectivity index (χ4n) is 1.62. The summed E-state index contributed by atoms with van der Waals surface area (Å²) in [7, 11) is -3.46. The summed E-state index contributed by atoms with van der Waals surface area (Å²) in [5.41, 5.74) is 1.89. The number of hydrogen-bond donors (Lipinski definition) is 2. The molecule has 116 valence electrons. The lowest BCUT2D eigenvalue weighted by atomic mass is 10.3. The first-order chi connectivity index (χ1) is 9.87. The van der Waals surface area contributed by atoms with Crippen molar-refractivity contribution in [1.82, 2.24) is 15.0 Å². The highest BCUT2D eigenvalue weighted by molar-refractivity contribution is 7.91. The molecule has 0 radical (unpaired) electrons. The molecular formula is C13H19N3O2S3. The Bertz CT molecular complexity index is 689. The summed E-state index contributed by atoms with van der Waals surface area (Å²) < 4.78 is 27.4. The number of sulfonamides is 1. The number of hydrogen-bond acceptors (Lipinski definition) is 6. The molecule has 0 saturated carbocycles. The molecule has 0 unspecified atom stereocenters. The number of rotatable bonds is 7. The lowest BCUT2D eigenvalue weighted by Gasteiger charge is -2.05. The number of aryl methyl sites for hydroxylation is 1. The molecule has 2 heterocycles. The van der Waals surface area contributed by atoms with E-state index in [9.17, 15) is 8.42 Å². The lowest BCUT2D eigenvalue weighted by molar-refractivity contribution is 0.582. The van der Waals surface area contributed by atoms with Gasteiger partial charge in [-0.1, -0.05) is 13.8 Å². The molecule has 21 heavy (non-hydrogen) atoms. The fourth-order valence-corrected chi connectivity index (χ4v) is 4.67. The van der Waals surface area contributed by atoms with Gasteiger partial charge in [-0.05, 0) is 23.9 Å². The van der Waals surface area contributed by atoms with Crippen LogP contribution in [0, 0.1) is 6.92 Å². The molecule has 2 aromatic heterocycles. The average Bonchev–Trinajstić information content (AvgIpc) is 3.03. The van der Waals surface area contributed by atoms with Gasteiger partial charge in [-0.15, -0.1) is 22.7 Å². The first-order valence-corrected chi connectivity index (χ1v) is 9.82. The van der Waals surface area contributed by atoms with Gasteiger partial charge in [-0.25, -0.2) is 18.1 Å². The molecule has 0 aromatic carbocycles. The van der Waals surface area contributed by atoms with Crippen molar-refractivity contribution in [1.29, 1.82) is 0 Å². The van der Waals surface area contributed by atoms with E-state index < -0.39 is 10.0 Å². The van der Waals surface area contributed by atoms with Gasteiger partial charge in [0.05, 0.1) is 6.54 Å². The van der Waals surface area contributed by atoms with Crippen molar-refractivity contribution in [3.8, 4) is 0 Å². The summed E-state index contributed by atoms with van der Waals surface area (Å²) >= 11 is 2.70. The van der Waals surface area contributed by atoms with Gasteiger partial charge >= 0.3 is 0 Å². The molecule has 0 saturated heterocycles. The van der Waals surface area contributed by atoms with Gasteiger partial charge in [0.15, 0.2) is 0 Å². The van der Waals surface area contributed by atoms with E-state index in [1.54, 1.807) is 6.07 Å². The molecule has 0 aliphatic carbocycles. The Hall–Kier alpha value is -0.800. The van der Waals surface area contributed by atoms with Crippen LogP contribution in [0.2, 0.25) is 0 Å². The summed E-state index contributed by atoms with van der Waals surface area (Å²) in [6.07, 6.45) is 0. The summed E-state index contributed by atoms with van der Waals surface area (Å²) in [5.74, 6) is 0. The van der Waals surface area contributed by atoms with E-state index in [0.29, 0.717) is 16.8 Å². The van der Waals surface area contributed by atoms with Crippen LogP contribution in [-0.4, -0.2) is 19.4 Å². The standard InChI is InChI=1S/C13H19N3O2S3/c1-9(2)14-5-11-4-13(20-8-11)21(17,18)15-6-12-16-10(3)7-19-12/h4,7-9,14-15H,5-6H2,1-3H3. The maximum atomic E-state index is 12.2. The predicted molar refractivity (Wildman–Crippen MR) is 87.2 cm³/mol. The fraction of sp³-hybridized carbons (Fsp3) is 0.462. The minimum Gasteiger partial charge on any atom is -0.310 e. The molecule has 0 aliphatic rings. The van der Waals surface area contributed by atoms with Crippen molar-refractivity contribution in [2.75, 3.05) is 0 Å². The van der Waals surface area contributed by atoms with Crippen molar-refractivity contribution in [2.45, 2.75) is 44.1 Å². The molecule has 0 fully saturated rings. The molecule has 5 nitrogen and oxygen atoms in total. The molecule has 2 aromatic rings. The third kappa shape index (κ3) is 4.86. The number of thiophene rings is 1. The van der Waals surface area contributed by atoms with Gasteiger partial charge in [0.2, 0.25) is 10.0 Å². The van der Waals surface area contributed by atoms with Gasteiger partial charge in [0.25, 0.3) is 0 Å². The van der Waals surface area contributed by atoms with Crippen LogP contribution in [0.15, 0.2) is 21.0 Å². The Labute approximate surface area is 133 Å². The Kier molecular flexibility index (Phi) is 5.50. The minimum atomic E-state index is -3.46. The van der Waals surface area contributed by atoms with Gasteiger partial charge in [0, 0.05) is 23.7 Å². The summed E-state index contributed by atoms with van der Waals surface area (Å²) in [6.45, 7) is 6.92. The number of aromatic nitrogens is 1. The Morgan fingerprint density at radius 2 is 2.00 bits per heavy atom. The highest BCUT2D eigenvalue weighted by atomic mass is 32.2. The van der Waals surface area contributed by atoms with Crippen LogP contribution in [0.3, 0.4) is 0 Å². The minimum absolute atomic E-state index is 0.234. The van der Waals surface area contributed by atoms with E-state index in [0.717, 1.165) is 16.3 Å². The van der Waals surface area contributed by atoms with Crippen LogP contribution in [0.1, 0.15) is 30.1 Å². The monoisotopic (exact) mass is 345 g/mol. The molecule has 0 amide bonds. The second kappa shape index (κ2) is 6.97. The SMILES string of the molecule is Cc1csc(CNS(=O)(=O)c2cc(CNC(C)C)cs2)n1. The van der Waals surface area contributed by atoms with Crippen molar-refractivity contribution >= 4 is 32.7 Å². The average molecular weight is 346 g/mol. The molecule has 0 spiro atoms. The van der Waals surface area contributed by atoms with Crippen LogP contribution >= 0.6 is 22.7 Å². The molecule has 0 bridgehead atoms. The molecule has 8 heteroatoms. The van der Waals surface area contributed by atoms with Gasteiger partial charge in [0.1, 0.15) is 9.22 Å². The molecular weight excluding hydrogens is 326 g/mol. The van der Waals surface area contributed by atoms with E-state index >= 15 is 0 Å². The van der Waals surface area contributed by atoms with Crippen molar-refractivity contribution in [3.63, 3.8) is 0 Å². The number of nitrogens with zero attached hydrogens (tertiary/aromatic N) is 1. The van der Waals surface area contributed by atoms with Crippen LogP contribution in [-0.2, 0) is 23.1 Å². The zero-order chi connectivity index (χ0) is 15.5. The Balaban J connectivity index is 1.99. The van der Waals surface area contributed by atoms with Crippen LogP contribution in [0.25, 0.3) is 0 Å².